The van der Waals surface area contributed by atoms with Crippen molar-refractivity contribution < 1.29 is 21.6 Å². The van der Waals surface area contributed by atoms with Crippen LogP contribution in [0.4, 0.5) is 13.2 Å². The van der Waals surface area contributed by atoms with Crippen molar-refractivity contribution in [1.82, 2.24) is 9.97 Å². The maximum atomic E-state index is 12.2. The van der Waals surface area contributed by atoms with E-state index in [1.807, 2.05) is 0 Å². The highest BCUT2D eigenvalue weighted by Gasteiger charge is 2.39. The summed E-state index contributed by atoms with van der Waals surface area (Å²) in [6, 6.07) is 0. The summed E-state index contributed by atoms with van der Waals surface area (Å²) in [6.07, 6.45) is -2.97. The number of aromatic nitrogens is 2. The molecular formula is C7H8F3N3O2S. The van der Waals surface area contributed by atoms with Crippen LogP contribution in [-0.2, 0) is 10.0 Å². The SMILES string of the molecule is CC(c1ncc(S(N)(=O)=O)cn1)C(F)(F)F. The van der Waals surface area contributed by atoms with Gasteiger partial charge in [-0.1, -0.05) is 0 Å². The van der Waals surface area contributed by atoms with Crippen LogP contribution in [0.2, 0.25) is 0 Å². The molecule has 0 radical (unpaired) electrons. The summed E-state index contributed by atoms with van der Waals surface area (Å²) in [5.74, 6) is -2.36. The highest BCUT2D eigenvalue weighted by atomic mass is 32.2. The lowest BCUT2D eigenvalue weighted by Gasteiger charge is -2.13. The predicted molar refractivity (Wildman–Crippen MR) is 47.9 cm³/mol. The monoisotopic (exact) mass is 255 g/mol. The first-order valence-electron chi connectivity index (χ1n) is 4.04. The van der Waals surface area contributed by atoms with E-state index in [9.17, 15) is 21.6 Å². The van der Waals surface area contributed by atoms with Gasteiger partial charge in [-0.25, -0.2) is 23.5 Å². The first-order valence-corrected chi connectivity index (χ1v) is 5.58. The Morgan fingerprint density at radius 3 is 2.06 bits per heavy atom. The fourth-order valence-electron chi connectivity index (χ4n) is 0.843. The molecule has 1 aromatic rings. The van der Waals surface area contributed by atoms with Crippen molar-refractivity contribution in [3.05, 3.63) is 18.2 Å². The summed E-state index contributed by atoms with van der Waals surface area (Å²) in [5.41, 5.74) is 0. The molecule has 16 heavy (non-hydrogen) atoms. The van der Waals surface area contributed by atoms with Crippen molar-refractivity contribution in [3.8, 4) is 0 Å². The fourth-order valence-corrected chi connectivity index (χ4v) is 1.24. The van der Waals surface area contributed by atoms with Crippen LogP contribution in [0.5, 0.6) is 0 Å². The Morgan fingerprint density at radius 1 is 1.31 bits per heavy atom. The zero-order valence-electron chi connectivity index (χ0n) is 8.06. The van der Waals surface area contributed by atoms with Crippen LogP contribution in [0.15, 0.2) is 17.3 Å². The molecule has 0 aliphatic carbocycles. The molecule has 1 atom stereocenters. The molecule has 5 nitrogen and oxygen atoms in total. The van der Waals surface area contributed by atoms with E-state index in [1.165, 1.54) is 0 Å². The van der Waals surface area contributed by atoms with E-state index in [0.29, 0.717) is 0 Å². The Bertz CT molecular complexity index is 469. The second-order valence-corrected chi connectivity index (χ2v) is 4.65. The average molecular weight is 255 g/mol. The largest absolute Gasteiger partial charge is 0.398 e. The van der Waals surface area contributed by atoms with E-state index in [2.05, 4.69) is 9.97 Å². The first-order chi connectivity index (χ1) is 7.12. The maximum Gasteiger partial charge on any atom is 0.398 e. The highest BCUT2D eigenvalue weighted by Crippen LogP contribution is 2.32. The number of halogens is 3. The second-order valence-electron chi connectivity index (χ2n) is 3.09. The summed E-state index contributed by atoms with van der Waals surface area (Å²) in [4.78, 5) is 6.22. The molecule has 90 valence electrons. The third-order valence-electron chi connectivity index (χ3n) is 1.85. The van der Waals surface area contributed by atoms with Gasteiger partial charge in [0.25, 0.3) is 0 Å². The molecule has 0 amide bonds. The molecule has 0 aromatic carbocycles. The number of hydrogen-bond donors (Lipinski definition) is 1. The van der Waals surface area contributed by atoms with Crippen molar-refractivity contribution in [1.29, 1.82) is 0 Å². The molecule has 0 spiro atoms. The van der Waals surface area contributed by atoms with Crippen molar-refractivity contribution in [2.24, 2.45) is 5.14 Å². The average Bonchev–Trinajstić information content (AvgIpc) is 2.14. The van der Waals surface area contributed by atoms with Gasteiger partial charge >= 0.3 is 6.18 Å². The zero-order chi connectivity index (χ0) is 12.6. The molecule has 0 aliphatic rings. The summed E-state index contributed by atoms with van der Waals surface area (Å²) >= 11 is 0. The van der Waals surface area contributed by atoms with Gasteiger partial charge in [0.2, 0.25) is 10.0 Å². The molecule has 9 heteroatoms. The molecular weight excluding hydrogens is 247 g/mol. The first kappa shape index (κ1) is 12.8. The molecule has 0 bridgehead atoms. The lowest BCUT2D eigenvalue weighted by Crippen LogP contribution is -2.21. The maximum absolute atomic E-state index is 12.2. The lowest BCUT2D eigenvalue weighted by atomic mass is 10.1. The van der Waals surface area contributed by atoms with Crippen LogP contribution in [0.25, 0.3) is 0 Å². The number of nitrogens with two attached hydrogens (primary N) is 1. The van der Waals surface area contributed by atoms with Crippen molar-refractivity contribution in [3.63, 3.8) is 0 Å². The minimum absolute atomic E-state index is 0.425. The second kappa shape index (κ2) is 3.98. The predicted octanol–water partition coefficient (Wildman–Crippen LogP) is 0.790. The van der Waals surface area contributed by atoms with Crippen LogP contribution in [0.1, 0.15) is 18.7 Å². The topological polar surface area (TPSA) is 85.9 Å². The number of alkyl halides is 3. The third kappa shape index (κ3) is 2.89. The van der Waals surface area contributed by atoms with Gasteiger partial charge in [0.05, 0.1) is 12.4 Å². The van der Waals surface area contributed by atoms with Crippen LogP contribution in [-0.4, -0.2) is 24.6 Å². The normalized spacial score (nSPS) is 14.8. The standard InChI is InChI=1S/C7H8F3N3O2S/c1-4(7(8,9)10)6-12-2-5(3-13-6)16(11,14)15/h2-4H,1H3,(H2,11,14,15). The Balaban J connectivity index is 3.05. The molecule has 1 rings (SSSR count). The van der Waals surface area contributed by atoms with E-state index < -0.39 is 32.8 Å². The molecule has 1 unspecified atom stereocenters. The fraction of sp³-hybridized carbons (Fsp3) is 0.429. The zero-order valence-corrected chi connectivity index (χ0v) is 8.88. The van der Waals surface area contributed by atoms with Crippen molar-refractivity contribution in [2.75, 3.05) is 0 Å². The lowest BCUT2D eigenvalue weighted by molar-refractivity contribution is -0.147. The Morgan fingerprint density at radius 2 is 1.75 bits per heavy atom. The Hall–Kier alpha value is -1.22. The molecule has 1 aromatic heterocycles. The molecule has 0 saturated carbocycles. The van der Waals surface area contributed by atoms with Gasteiger partial charge in [0.15, 0.2) is 0 Å². The summed E-state index contributed by atoms with van der Waals surface area (Å²) in [5, 5.41) is 4.74. The van der Waals surface area contributed by atoms with Crippen LogP contribution in [0.3, 0.4) is 0 Å². The van der Waals surface area contributed by atoms with Gasteiger partial charge in [-0.2, -0.15) is 13.2 Å². The minimum atomic E-state index is -4.47. The van der Waals surface area contributed by atoms with Gasteiger partial charge in [-0.15, -0.1) is 0 Å². The quantitative estimate of drug-likeness (QED) is 0.846. The van der Waals surface area contributed by atoms with Gasteiger partial charge in [0.1, 0.15) is 16.6 Å². The van der Waals surface area contributed by atoms with Gasteiger partial charge in [-0.3, -0.25) is 0 Å². The molecule has 0 fully saturated rings. The van der Waals surface area contributed by atoms with E-state index in [-0.39, 0.29) is 0 Å². The van der Waals surface area contributed by atoms with E-state index >= 15 is 0 Å². The highest BCUT2D eigenvalue weighted by molar-refractivity contribution is 7.89. The summed E-state index contributed by atoms with van der Waals surface area (Å²) < 4.78 is 58.3. The van der Waals surface area contributed by atoms with E-state index in [0.717, 1.165) is 19.3 Å². The number of sulfonamides is 1. The summed E-state index contributed by atoms with van der Waals surface area (Å²) in [7, 11) is -3.99. The van der Waals surface area contributed by atoms with Crippen LogP contribution in [0, 0.1) is 0 Å². The Kier molecular flexibility index (Phi) is 3.20. The molecule has 1 heterocycles. The van der Waals surface area contributed by atoms with Crippen LogP contribution < -0.4 is 5.14 Å². The molecule has 0 aliphatic heterocycles. The van der Waals surface area contributed by atoms with Crippen molar-refractivity contribution in [2.45, 2.75) is 23.9 Å². The van der Waals surface area contributed by atoms with E-state index in [4.69, 9.17) is 5.14 Å². The number of primary sulfonamides is 1. The van der Waals surface area contributed by atoms with E-state index in [1.54, 1.807) is 0 Å². The smallest absolute Gasteiger partial charge is 0.239 e. The van der Waals surface area contributed by atoms with Crippen molar-refractivity contribution >= 4 is 10.0 Å². The number of hydrogen-bond acceptors (Lipinski definition) is 4. The van der Waals surface area contributed by atoms with Gasteiger partial charge in [-0.05, 0) is 6.92 Å². The number of rotatable bonds is 2. The minimum Gasteiger partial charge on any atom is -0.239 e. The molecule has 0 saturated heterocycles. The van der Waals surface area contributed by atoms with Crippen LogP contribution >= 0.6 is 0 Å². The summed E-state index contributed by atoms with van der Waals surface area (Å²) in [6.45, 7) is 0.881. The molecule has 2 N–H and O–H groups in total. The van der Waals surface area contributed by atoms with Gasteiger partial charge in [0, 0.05) is 0 Å². The van der Waals surface area contributed by atoms with Gasteiger partial charge < -0.3 is 0 Å². The Labute approximate surface area is 89.6 Å². The third-order valence-corrected chi connectivity index (χ3v) is 2.72. The number of nitrogens with zero attached hydrogens (tertiary/aromatic N) is 2.